The summed E-state index contributed by atoms with van der Waals surface area (Å²) in [5.41, 5.74) is 1.43. The van der Waals surface area contributed by atoms with Crippen LogP contribution in [0, 0.1) is 5.92 Å². The van der Waals surface area contributed by atoms with Crippen LogP contribution in [0.2, 0.25) is 0 Å². The summed E-state index contributed by atoms with van der Waals surface area (Å²) in [6, 6.07) is 2.09. The van der Waals surface area contributed by atoms with Crippen LogP contribution in [0.1, 0.15) is 33.2 Å². The SMILES string of the molecule is CCN1CC(C(=O)Nc2cnc3c(cnn3C(C)C)c2)CC1=O. The van der Waals surface area contributed by atoms with Gasteiger partial charge in [-0.25, -0.2) is 9.67 Å². The maximum Gasteiger partial charge on any atom is 0.229 e. The molecular weight excluding hydrogens is 294 g/mol. The van der Waals surface area contributed by atoms with Crippen LogP contribution < -0.4 is 5.32 Å². The van der Waals surface area contributed by atoms with E-state index >= 15 is 0 Å². The molecule has 0 aromatic carbocycles. The molecule has 0 bridgehead atoms. The molecule has 0 spiro atoms. The van der Waals surface area contributed by atoms with Gasteiger partial charge in [0, 0.05) is 30.9 Å². The molecule has 1 unspecified atom stereocenters. The number of nitrogens with one attached hydrogen (secondary N) is 1. The predicted octanol–water partition coefficient (Wildman–Crippen LogP) is 1.82. The number of carbonyl (C=O) groups excluding carboxylic acids is 2. The van der Waals surface area contributed by atoms with Crippen LogP contribution in [0.25, 0.3) is 11.0 Å². The number of hydrogen-bond acceptors (Lipinski definition) is 4. The molecule has 2 aromatic heterocycles. The largest absolute Gasteiger partial charge is 0.342 e. The monoisotopic (exact) mass is 315 g/mol. The molecule has 7 nitrogen and oxygen atoms in total. The van der Waals surface area contributed by atoms with Crippen LogP contribution in [0.5, 0.6) is 0 Å². The first-order valence-corrected chi connectivity index (χ1v) is 7.91. The lowest BCUT2D eigenvalue weighted by Gasteiger charge is -2.13. The van der Waals surface area contributed by atoms with E-state index in [0.29, 0.717) is 18.8 Å². The molecule has 1 N–H and O–H groups in total. The molecule has 23 heavy (non-hydrogen) atoms. The second kappa shape index (κ2) is 5.98. The summed E-state index contributed by atoms with van der Waals surface area (Å²) in [6.45, 7) is 7.13. The predicted molar refractivity (Wildman–Crippen MR) is 86.9 cm³/mol. The van der Waals surface area contributed by atoms with E-state index in [2.05, 4.69) is 15.4 Å². The van der Waals surface area contributed by atoms with Crippen LogP contribution >= 0.6 is 0 Å². The number of rotatable bonds is 4. The van der Waals surface area contributed by atoms with E-state index in [4.69, 9.17) is 0 Å². The summed E-state index contributed by atoms with van der Waals surface area (Å²) in [7, 11) is 0. The first kappa shape index (κ1) is 15.5. The van der Waals surface area contributed by atoms with Gasteiger partial charge in [0.15, 0.2) is 5.65 Å². The molecule has 2 amide bonds. The molecular formula is C16H21N5O2. The van der Waals surface area contributed by atoms with E-state index in [9.17, 15) is 9.59 Å². The van der Waals surface area contributed by atoms with Gasteiger partial charge in [-0.15, -0.1) is 0 Å². The van der Waals surface area contributed by atoms with Crippen molar-refractivity contribution in [3.05, 3.63) is 18.5 Å². The fourth-order valence-corrected chi connectivity index (χ4v) is 2.88. The number of anilines is 1. The number of amides is 2. The van der Waals surface area contributed by atoms with Crippen LogP contribution in [0.4, 0.5) is 5.69 Å². The van der Waals surface area contributed by atoms with E-state index in [1.165, 1.54) is 0 Å². The topological polar surface area (TPSA) is 80.1 Å². The zero-order chi connectivity index (χ0) is 16.6. The van der Waals surface area contributed by atoms with Crippen molar-refractivity contribution in [3.63, 3.8) is 0 Å². The van der Waals surface area contributed by atoms with Crippen LogP contribution in [-0.4, -0.2) is 44.6 Å². The van der Waals surface area contributed by atoms with Gasteiger partial charge in [0.2, 0.25) is 11.8 Å². The summed E-state index contributed by atoms with van der Waals surface area (Å²) in [5, 5.41) is 8.06. The van der Waals surface area contributed by atoms with E-state index < -0.39 is 0 Å². The van der Waals surface area contributed by atoms with Crippen LogP contribution in [0.3, 0.4) is 0 Å². The second-order valence-corrected chi connectivity index (χ2v) is 6.14. The van der Waals surface area contributed by atoms with E-state index in [0.717, 1.165) is 11.0 Å². The highest BCUT2D eigenvalue weighted by molar-refractivity contribution is 5.98. The third-order valence-electron chi connectivity index (χ3n) is 4.16. The van der Waals surface area contributed by atoms with Crippen molar-refractivity contribution in [1.82, 2.24) is 19.7 Å². The minimum Gasteiger partial charge on any atom is -0.342 e. The van der Waals surface area contributed by atoms with Gasteiger partial charge < -0.3 is 10.2 Å². The van der Waals surface area contributed by atoms with Crippen LogP contribution in [0.15, 0.2) is 18.5 Å². The summed E-state index contributed by atoms with van der Waals surface area (Å²) < 4.78 is 1.84. The van der Waals surface area contributed by atoms with Gasteiger partial charge in [-0.2, -0.15) is 5.10 Å². The Kier molecular flexibility index (Phi) is 4.02. The van der Waals surface area contributed by atoms with Crippen LogP contribution in [-0.2, 0) is 9.59 Å². The minimum absolute atomic E-state index is 0.0411. The fraction of sp³-hybridized carbons (Fsp3) is 0.500. The van der Waals surface area contributed by atoms with E-state index in [1.807, 2.05) is 31.5 Å². The number of aromatic nitrogens is 3. The van der Waals surface area contributed by atoms with Gasteiger partial charge in [-0.3, -0.25) is 9.59 Å². The van der Waals surface area contributed by atoms with Gasteiger partial charge in [-0.1, -0.05) is 0 Å². The van der Waals surface area contributed by atoms with Crippen molar-refractivity contribution in [2.75, 3.05) is 18.4 Å². The number of nitrogens with zero attached hydrogens (tertiary/aromatic N) is 4. The number of hydrogen-bond donors (Lipinski definition) is 1. The highest BCUT2D eigenvalue weighted by Crippen LogP contribution is 2.22. The Morgan fingerprint density at radius 1 is 1.43 bits per heavy atom. The lowest BCUT2D eigenvalue weighted by Crippen LogP contribution is -2.28. The molecule has 0 aliphatic carbocycles. The van der Waals surface area contributed by atoms with Gasteiger partial charge in [0.05, 0.1) is 24.0 Å². The van der Waals surface area contributed by atoms with E-state index in [-0.39, 0.29) is 30.2 Å². The third kappa shape index (κ3) is 2.91. The summed E-state index contributed by atoms with van der Waals surface area (Å²) in [5.74, 6) is -0.386. The molecule has 7 heteroatoms. The Morgan fingerprint density at radius 2 is 2.22 bits per heavy atom. The molecule has 2 aromatic rings. The zero-order valence-corrected chi connectivity index (χ0v) is 13.6. The van der Waals surface area contributed by atoms with Gasteiger partial charge in [-0.05, 0) is 26.8 Å². The quantitative estimate of drug-likeness (QED) is 0.933. The first-order valence-electron chi connectivity index (χ1n) is 7.91. The molecule has 1 saturated heterocycles. The Hall–Kier alpha value is -2.44. The van der Waals surface area contributed by atoms with Crippen molar-refractivity contribution in [1.29, 1.82) is 0 Å². The molecule has 122 valence electrons. The molecule has 1 fully saturated rings. The minimum atomic E-state index is -0.295. The first-order chi connectivity index (χ1) is 11.0. The van der Waals surface area contributed by atoms with Crippen molar-refractivity contribution >= 4 is 28.5 Å². The summed E-state index contributed by atoms with van der Waals surface area (Å²) in [4.78, 5) is 30.2. The number of likely N-dealkylation sites (tertiary alicyclic amines) is 1. The number of carbonyl (C=O) groups is 2. The molecule has 3 heterocycles. The fourth-order valence-electron chi connectivity index (χ4n) is 2.88. The Balaban J connectivity index is 1.74. The van der Waals surface area contributed by atoms with Gasteiger partial charge in [0.25, 0.3) is 0 Å². The van der Waals surface area contributed by atoms with Crippen molar-refractivity contribution in [2.24, 2.45) is 5.92 Å². The Bertz CT molecular complexity index is 752. The Labute approximate surface area is 134 Å². The molecule has 1 aliphatic rings. The lowest BCUT2D eigenvalue weighted by atomic mass is 10.1. The van der Waals surface area contributed by atoms with Gasteiger partial charge in [0.1, 0.15) is 0 Å². The lowest BCUT2D eigenvalue weighted by molar-refractivity contribution is -0.128. The van der Waals surface area contributed by atoms with Crippen molar-refractivity contribution in [3.8, 4) is 0 Å². The highest BCUT2D eigenvalue weighted by Gasteiger charge is 2.33. The number of fused-ring (bicyclic) bond motifs is 1. The normalized spacial score (nSPS) is 18.2. The molecule has 1 aliphatic heterocycles. The molecule has 1 atom stereocenters. The highest BCUT2D eigenvalue weighted by atomic mass is 16.2. The molecule has 0 saturated carbocycles. The Morgan fingerprint density at radius 3 is 2.87 bits per heavy atom. The smallest absolute Gasteiger partial charge is 0.229 e. The maximum atomic E-state index is 12.3. The average Bonchev–Trinajstić information content (AvgIpc) is 3.10. The third-order valence-corrected chi connectivity index (χ3v) is 4.16. The standard InChI is InChI=1S/C16H21N5O2/c1-4-20-9-12(6-14(20)22)16(23)19-13-5-11-7-18-21(10(2)3)15(11)17-8-13/h5,7-8,10,12H,4,6,9H2,1-3H3,(H,19,23). The number of pyridine rings is 1. The average molecular weight is 315 g/mol. The summed E-state index contributed by atoms with van der Waals surface area (Å²) >= 11 is 0. The summed E-state index contributed by atoms with van der Waals surface area (Å²) in [6.07, 6.45) is 3.66. The van der Waals surface area contributed by atoms with Gasteiger partial charge >= 0.3 is 0 Å². The van der Waals surface area contributed by atoms with Crippen molar-refractivity contribution in [2.45, 2.75) is 33.2 Å². The van der Waals surface area contributed by atoms with Crippen molar-refractivity contribution < 1.29 is 9.59 Å². The maximum absolute atomic E-state index is 12.3. The van der Waals surface area contributed by atoms with E-state index in [1.54, 1.807) is 17.3 Å². The second-order valence-electron chi connectivity index (χ2n) is 6.14. The zero-order valence-electron chi connectivity index (χ0n) is 13.6. The molecule has 0 radical (unpaired) electrons. The molecule has 3 rings (SSSR count).